The minimum atomic E-state index is -4.36. The summed E-state index contributed by atoms with van der Waals surface area (Å²) in [6.07, 6.45) is -2.95. The van der Waals surface area contributed by atoms with Crippen molar-refractivity contribution in [1.29, 1.82) is 5.26 Å². The quantitative estimate of drug-likeness (QED) is 0.924. The minimum absolute atomic E-state index is 0.340. The monoisotopic (exact) mass is 291 g/mol. The third-order valence-corrected chi connectivity index (χ3v) is 2.97. The molecule has 0 saturated carbocycles. The lowest BCUT2D eigenvalue weighted by atomic mass is 10.0. The number of alkyl halides is 3. The zero-order valence-electron chi connectivity index (χ0n) is 11.1. The van der Waals surface area contributed by atoms with E-state index < -0.39 is 11.7 Å². The molecule has 6 heteroatoms. The van der Waals surface area contributed by atoms with Crippen LogP contribution >= 0.6 is 0 Å². The van der Waals surface area contributed by atoms with Gasteiger partial charge in [0.15, 0.2) is 0 Å². The number of rotatable bonds is 3. The molecular weight excluding hydrogens is 279 g/mol. The van der Waals surface area contributed by atoms with Crippen molar-refractivity contribution in [3.8, 4) is 6.07 Å². The van der Waals surface area contributed by atoms with Crippen molar-refractivity contribution >= 4 is 5.82 Å². The van der Waals surface area contributed by atoms with Crippen molar-refractivity contribution in [1.82, 2.24) is 4.98 Å². The Morgan fingerprint density at radius 2 is 2.00 bits per heavy atom. The second-order valence-corrected chi connectivity index (χ2v) is 4.53. The molecule has 2 rings (SSSR count). The Morgan fingerprint density at radius 3 is 2.57 bits per heavy atom. The fourth-order valence-corrected chi connectivity index (χ4v) is 1.83. The molecule has 1 atom stereocenters. The Hall–Kier alpha value is -2.55. The molecule has 0 amide bonds. The number of benzene rings is 1. The van der Waals surface area contributed by atoms with Crippen LogP contribution in [0.4, 0.5) is 19.0 Å². The van der Waals surface area contributed by atoms with Crippen LogP contribution in [0.15, 0.2) is 42.6 Å². The Balaban J connectivity index is 2.16. The highest BCUT2D eigenvalue weighted by atomic mass is 19.4. The normalized spacial score (nSPS) is 12.5. The van der Waals surface area contributed by atoms with E-state index in [4.69, 9.17) is 5.26 Å². The van der Waals surface area contributed by atoms with E-state index in [2.05, 4.69) is 10.3 Å². The van der Waals surface area contributed by atoms with Gasteiger partial charge in [0.05, 0.1) is 11.1 Å². The average Bonchev–Trinajstić information content (AvgIpc) is 2.47. The van der Waals surface area contributed by atoms with E-state index >= 15 is 0 Å². The van der Waals surface area contributed by atoms with Crippen molar-refractivity contribution in [2.45, 2.75) is 19.1 Å². The van der Waals surface area contributed by atoms with Crippen LogP contribution in [0.25, 0.3) is 0 Å². The van der Waals surface area contributed by atoms with Gasteiger partial charge < -0.3 is 5.32 Å². The third kappa shape index (κ3) is 3.72. The van der Waals surface area contributed by atoms with Crippen LogP contribution in [0.5, 0.6) is 0 Å². The molecule has 0 aliphatic carbocycles. The molecule has 21 heavy (non-hydrogen) atoms. The highest BCUT2D eigenvalue weighted by Crippen LogP contribution is 2.31. The first-order valence-electron chi connectivity index (χ1n) is 6.20. The van der Waals surface area contributed by atoms with Crippen molar-refractivity contribution in [3.63, 3.8) is 0 Å². The standard InChI is InChI=1S/C15H12F3N3/c1-10(21-14-6-5-11(8-19)9-20-14)12-3-2-4-13(7-12)15(16,17)18/h2-7,9-10H,1H3,(H,20,21)/t10-/m0/s1. The molecule has 0 unspecified atom stereocenters. The molecule has 0 saturated heterocycles. The van der Waals surface area contributed by atoms with Gasteiger partial charge >= 0.3 is 6.18 Å². The molecule has 1 aromatic heterocycles. The number of hydrogen-bond acceptors (Lipinski definition) is 3. The summed E-state index contributed by atoms with van der Waals surface area (Å²) in [4.78, 5) is 4.03. The van der Waals surface area contributed by atoms with E-state index in [-0.39, 0.29) is 6.04 Å². The maximum atomic E-state index is 12.7. The van der Waals surface area contributed by atoms with E-state index in [1.165, 1.54) is 12.3 Å². The number of nitrogens with zero attached hydrogens (tertiary/aromatic N) is 2. The largest absolute Gasteiger partial charge is 0.416 e. The molecule has 0 spiro atoms. The van der Waals surface area contributed by atoms with Gasteiger partial charge in [0.25, 0.3) is 0 Å². The molecule has 3 nitrogen and oxygen atoms in total. The van der Waals surface area contributed by atoms with Gasteiger partial charge in [-0.1, -0.05) is 12.1 Å². The van der Waals surface area contributed by atoms with Crippen LogP contribution < -0.4 is 5.32 Å². The summed E-state index contributed by atoms with van der Waals surface area (Å²) in [6, 6.07) is 9.96. The fraction of sp³-hybridized carbons (Fsp3) is 0.200. The van der Waals surface area contributed by atoms with Gasteiger partial charge in [0, 0.05) is 12.2 Å². The molecule has 0 radical (unpaired) electrons. The van der Waals surface area contributed by atoms with Crippen molar-refractivity contribution in [2.24, 2.45) is 0 Å². The topological polar surface area (TPSA) is 48.7 Å². The van der Waals surface area contributed by atoms with Gasteiger partial charge in [-0.2, -0.15) is 18.4 Å². The molecule has 0 bridgehead atoms. The predicted octanol–water partition coefficient (Wildman–Crippen LogP) is 4.15. The average molecular weight is 291 g/mol. The number of halogens is 3. The van der Waals surface area contributed by atoms with Gasteiger partial charge in [0.1, 0.15) is 11.9 Å². The van der Waals surface area contributed by atoms with Crippen LogP contribution in [0.3, 0.4) is 0 Å². The summed E-state index contributed by atoms with van der Waals surface area (Å²) in [5, 5.41) is 11.7. The number of hydrogen-bond donors (Lipinski definition) is 1. The Kier molecular flexibility index (Phi) is 4.13. The molecule has 108 valence electrons. The Bertz CT molecular complexity index is 657. The number of nitrogens with one attached hydrogen (secondary N) is 1. The highest BCUT2D eigenvalue weighted by molar-refractivity contribution is 5.42. The first kappa shape index (κ1) is 14.9. The van der Waals surface area contributed by atoms with Crippen LogP contribution in [0.2, 0.25) is 0 Å². The maximum absolute atomic E-state index is 12.7. The first-order chi connectivity index (χ1) is 9.90. The smallest absolute Gasteiger partial charge is 0.364 e. The lowest BCUT2D eigenvalue weighted by Gasteiger charge is -2.16. The summed E-state index contributed by atoms with van der Waals surface area (Å²) < 4.78 is 38.0. The van der Waals surface area contributed by atoms with Gasteiger partial charge in [-0.05, 0) is 36.8 Å². The van der Waals surface area contributed by atoms with E-state index in [9.17, 15) is 13.2 Å². The molecule has 1 heterocycles. The van der Waals surface area contributed by atoms with E-state index in [1.807, 2.05) is 6.07 Å². The van der Waals surface area contributed by atoms with Crippen molar-refractivity contribution in [3.05, 3.63) is 59.3 Å². The van der Waals surface area contributed by atoms with Crippen LogP contribution in [0, 0.1) is 11.3 Å². The zero-order valence-corrected chi connectivity index (χ0v) is 11.1. The molecule has 0 fully saturated rings. The summed E-state index contributed by atoms with van der Waals surface area (Å²) >= 11 is 0. The molecule has 2 aromatic rings. The van der Waals surface area contributed by atoms with E-state index in [0.717, 1.165) is 12.1 Å². The number of pyridine rings is 1. The second-order valence-electron chi connectivity index (χ2n) is 4.53. The third-order valence-electron chi connectivity index (χ3n) is 2.97. The lowest BCUT2D eigenvalue weighted by molar-refractivity contribution is -0.137. The summed E-state index contributed by atoms with van der Waals surface area (Å²) in [7, 11) is 0. The molecule has 0 aliphatic rings. The molecule has 0 aliphatic heterocycles. The summed E-state index contributed by atoms with van der Waals surface area (Å²) in [5.74, 6) is 0.499. The second kappa shape index (κ2) is 5.83. The van der Waals surface area contributed by atoms with Crippen molar-refractivity contribution < 1.29 is 13.2 Å². The fourth-order valence-electron chi connectivity index (χ4n) is 1.83. The molecular formula is C15H12F3N3. The first-order valence-corrected chi connectivity index (χ1v) is 6.20. The SMILES string of the molecule is C[C@H](Nc1ccc(C#N)cn1)c1cccc(C(F)(F)F)c1. The van der Waals surface area contributed by atoms with Gasteiger partial charge in [0.2, 0.25) is 0 Å². The van der Waals surface area contributed by atoms with Gasteiger partial charge in [-0.15, -0.1) is 0 Å². The van der Waals surface area contributed by atoms with Gasteiger partial charge in [-0.25, -0.2) is 4.98 Å². The summed E-state index contributed by atoms with van der Waals surface area (Å²) in [6.45, 7) is 1.75. The minimum Gasteiger partial charge on any atom is -0.364 e. The molecule has 1 aromatic carbocycles. The summed E-state index contributed by atoms with van der Waals surface area (Å²) in [5.41, 5.74) is 0.254. The highest BCUT2D eigenvalue weighted by Gasteiger charge is 2.30. The lowest BCUT2D eigenvalue weighted by Crippen LogP contribution is -2.10. The Morgan fingerprint density at radius 1 is 1.24 bits per heavy atom. The number of anilines is 1. The Labute approximate surface area is 120 Å². The van der Waals surface area contributed by atoms with Crippen molar-refractivity contribution in [2.75, 3.05) is 5.32 Å². The number of aromatic nitrogens is 1. The van der Waals surface area contributed by atoms with Crippen LogP contribution in [0.1, 0.15) is 29.7 Å². The van der Waals surface area contributed by atoms with E-state index in [0.29, 0.717) is 16.9 Å². The van der Waals surface area contributed by atoms with Crippen LogP contribution in [-0.2, 0) is 6.18 Å². The molecule has 1 N–H and O–H groups in total. The number of nitriles is 1. The van der Waals surface area contributed by atoms with Gasteiger partial charge in [-0.3, -0.25) is 0 Å². The van der Waals surface area contributed by atoms with E-state index in [1.54, 1.807) is 25.1 Å². The maximum Gasteiger partial charge on any atom is 0.416 e. The predicted molar refractivity (Wildman–Crippen MR) is 72.4 cm³/mol. The van der Waals surface area contributed by atoms with Crippen LogP contribution in [-0.4, -0.2) is 4.98 Å². The zero-order chi connectivity index (χ0) is 15.5.